The van der Waals surface area contributed by atoms with Gasteiger partial charge in [0.1, 0.15) is 0 Å². The van der Waals surface area contributed by atoms with Crippen molar-refractivity contribution in [2.75, 3.05) is 38.7 Å². The fourth-order valence-electron chi connectivity index (χ4n) is 1.87. The zero-order chi connectivity index (χ0) is 17.0. The molecule has 0 unspecified atom stereocenters. The van der Waals surface area contributed by atoms with Gasteiger partial charge in [-0.1, -0.05) is 12.2 Å². The summed E-state index contributed by atoms with van der Waals surface area (Å²) in [6.45, 7) is 1.12. The van der Waals surface area contributed by atoms with Crippen molar-refractivity contribution in [3.8, 4) is 0 Å². The van der Waals surface area contributed by atoms with E-state index >= 15 is 0 Å². The van der Waals surface area contributed by atoms with E-state index < -0.39 is 20.0 Å². The Morgan fingerprint density at radius 3 is 1.30 bits per heavy atom. The molecule has 0 aromatic rings. The first-order valence-corrected chi connectivity index (χ1v) is 10.3. The molecule has 0 aromatic heterocycles. The van der Waals surface area contributed by atoms with Crippen molar-refractivity contribution >= 4 is 43.1 Å². The van der Waals surface area contributed by atoms with Crippen LogP contribution in [-0.2, 0) is 20.0 Å². The van der Waals surface area contributed by atoms with Crippen molar-refractivity contribution in [3.63, 3.8) is 0 Å². The zero-order valence-corrected chi connectivity index (χ0v) is 16.3. The number of hydrogen-bond acceptors (Lipinski definition) is 6. The van der Waals surface area contributed by atoms with E-state index in [-0.39, 0.29) is 47.7 Å². The molecule has 0 N–H and O–H groups in total. The third-order valence-electron chi connectivity index (χ3n) is 3.20. The Kier molecular flexibility index (Phi) is 9.09. The topological polar surface area (TPSA) is 121 Å². The molecule has 0 atom stereocenters. The van der Waals surface area contributed by atoms with Crippen LogP contribution >= 0.6 is 0 Å². The van der Waals surface area contributed by atoms with E-state index in [2.05, 4.69) is 0 Å². The average molecular weight is 377 g/mol. The average Bonchev–Trinajstić information content (AvgIpc) is 2.38. The van der Waals surface area contributed by atoms with E-state index in [4.69, 9.17) is 0 Å². The van der Waals surface area contributed by atoms with Gasteiger partial charge in [0.2, 0.25) is 20.0 Å². The molecule has 0 radical (unpaired) electrons. The van der Waals surface area contributed by atoms with Gasteiger partial charge in [-0.2, -0.15) is 8.61 Å². The Morgan fingerprint density at radius 1 is 0.826 bits per heavy atom. The number of sulfonamides is 2. The Hall–Kier alpha value is -0.334. The fourth-order valence-corrected chi connectivity index (χ4v) is 3.40. The second-order valence-corrected chi connectivity index (χ2v) is 9.05. The van der Waals surface area contributed by atoms with Crippen LogP contribution in [0.3, 0.4) is 0 Å². The SMILES string of the molecule is CS(=O)(=O)N1CC=C([O-])CC1.CS(=O)(=O)N1CC=C([O-])CC1.[Mg+2]. The van der Waals surface area contributed by atoms with Gasteiger partial charge < -0.3 is 10.2 Å². The molecule has 2 heterocycles. The van der Waals surface area contributed by atoms with Crippen LogP contribution in [0.1, 0.15) is 12.8 Å². The molecule has 0 fully saturated rings. The minimum Gasteiger partial charge on any atom is -0.876 e. The quantitative estimate of drug-likeness (QED) is 0.488. The van der Waals surface area contributed by atoms with E-state index in [0.717, 1.165) is 12.5 Å². The first-order valence-electron chi connectivity index (χ1n) is 6.62. The van der Waals surface area contributed by atoms with Gasteiger partial charge in [0, 0.05) is 26.2 Å². The molecule has 0 aromatic carbocycles. The fraction of sp³-hybridized carbons (Fsp3) is 0.667. The smallest absolute Gasteiger partial charge is 0.876 e. The van der Waals surface area contributed by atoms with Crippen molar-refractivity contribution in [2.24, 2.45) is 0 Å². The predicted molar refractivity (Wildman–Crippen MR) is 84.0 cm³/mol. The number of rotatable bonds is 2. The number of nitrogens with zero attached hydrogens (tertiary/aromatic N) is 2. The molecule has 128 valence electrons. The molecule has 0 amide bonds. The monoisotopic (exact) mass is 376 g/mol. The van der Waals surface area contributed by atoms with Crippen LogP contribution in [-0.4, -0.2) is 87.2 Å². The molecule has 0 saturated carbocycles. The van der Waals surface area contributed by atoms with E-state index in [9.17, 15) is 27.0 Å². The predicted octanol–water partition coefficient (Wildman–Crippen LogP) is -2.59. The minimum atomic E-state index is -3.10. The van der Waals surface area contributed by atoms with E-state index in [0.29, 0.717) is 25.9 Å². The first kappa shape index (κ1) is 22.7. The second kappa shape index (κ2) is 9.23. The molecular formula is C12H20MgN2O6S2. The van der Waals surface area contributed by atoms with Crippen LogP contribution in [0.15, 0.2) is 23.7 Å². The van der Waals surface area contributed by atoms with Crippen LogP contribution in [0, 0.1) is 0 Å². The van der Waals surface area contributed by atoms with Gasteiger partial charge in [0.05, 0.1) is 12.5 Å². The molecule has 11 heteroatoms. The third-order valence-corrected chi connectivity index (χ3v) is 5.74. The zero-order valence-electron chi connectivity index (χ0n) is 13.3. The van der Waals surface area contributed by atoms with Crippen LogP contribution in [0.4, 0.5) is 0 Å². The van der Waals surface area contributed by atoms with Crippen molar-refractivity contribution in [1.82, 2.24) is 8.61 Å². The van der Waals surface area contributed by atoms with Gasteiger partial charge in [0.25, 0.3) is 0 Å². The van der Waals surface area contributed by atoms with Crippen LogP contribution in [0.25, 0.3) is 0 Å². The van der Waals surface area contributed by atoms with Gasteiger partial charge >= 0.3 is 23.1 Å². The van der Waals surface area contributed by atoms with E-state index in [1.807, 2.05) is 0 Å². The summed E-state index contributed by atoms with van der Waals surface area (Å²) in [6, 6.07) is 0. The molecule has 0 bridgehead atoms. The molecule has 0 saturated heterocycles. The molecule has 23 heavy (non-hydrogen) atoms. The van der Waals surface area contributed by atoms with Crippen LogP contribution < -0.4 is 10.2 Å². The summed E-state index contributed by atoms with van der Waals surface area (Å²) in [5, 5.41) is 21.3. The molecule has 0 aliphatic carbocycles. The number of hydrogen-bond donors (Lipinski definition) is 0. The van der Waals surface area contributed by atoms with Gasteiger partial charge in [-0.05, 0) is 12.8 Å². The van der Waals surface area contributed by atoms with Gasteiger partial charge in [-0.25, -0.2) is 16.8 Å². The van der Waals surface area contributed by atoms with Gasteiger partial charge in [-0.3, -0.25) is 0 Å². The standard InChI is InChI=1S/2C6H11NO3S.Mg/c2*1-11(9,10)7-4-2-6(8)3-5-7;/h2*2,8H,3-5H2,1H3;/q;;+2/p-2. The van der Waals surface area contributed by atoms with Crippen molar-refractivity contribution in [3.05, 3.63) is 23.7 Å². The molecule has 0 spiro atoms. The minimum absolute atomic E-state index is 0. The second-order valence-electron chi connectivity index (χ2n) is 5.08. The van der Waals surface area contributed by atoms with E-state index in [1.165, 1.54) is 20.8 Å². The van der Waals surface area contributed by atoms with E-state index in [1.54, 1.807) is 0 Å². The maximum absolute atomic E-state index is 10.9. The largest absolute Gasteiger partial charge is 2.00 e. The maximum atomic E-state index is 10.9. The molecule has 8 nitrogen and oxygen atoms in total. The summed E-state index contributed by atoms with van der Waals surface area (Å²) in [6.07, 6.45) is 5.74. The summed E-state index contributed by atoms with van der Waals surface area (Å²) in [5.74, 6) is 0.0646. The molecule has 2 aliphatic rings. The van der Waals surface area contributed by atoms with Crippen LogP contribution in [0.2, 0.25) is 0 Å². The first-order chi connectivity index (χ1) is 10.00. The Morgan fingerprint density at radius 2 is 1.13 bits per heavy atom. The van der Waals surface area contributed by atoms with Crippen LogP contribution in [0.5, 0.6) is 0 Å². The Labute approximate surface area is 153 Å². The maximum Gasteiger partial charge on any atom is 2.00 e. The van der Waals surface area contributed by atoms with Gasteiger partial charge in [-0.15, -0.1) is 11.5 Å². The summed E-state index contributed by atoms with van der Waals surface area (Å²) in [7, 11) is -6.20. The summed E-state index contributed by atoms with van der Waals surface area (Å²) in [4.78, 5) is 0. The Balaban J connectivity index is 0.000000403. The molecule has 2 aliphatic heterocycles. The summed E-state index contributed by atoms with van der Waals surface area (Å²) in [5.41, 5.74) is 0. The van der Waals surface area contributed by atoms with Crippen molar-refractivity contribution in [2.45, 2.75) is 12.8 Å². The third kappa shape index (κ3) is 8.36. The van der Waals surface area contributed by atoms with Gasteiger partial charge in [0.15, 0.2) is 0 Å². The Bertz CT molecular complexity index is 599. The normalized spacial score (nSPS) is 20.4. The molecular weight excluding hydrogens is 357 g/mol. The summed E-state index contributed by atoms with van der Waals surface area (Å²) < 4.78 is 46.1. The molecule has 2 rings (SSSR count). The summed E-state index contributed by atoms with van der Waals surface area (Å²) >= 11 is 0. The van der Waals surface area contributed by atoms with Crippen molar-refractivity contribution in [1.29, 1.82) is 0 Å². The van der Waals surface area contributed by atoms with Crippen molar-refractivity contribution < 1.29 is 27.0 Å².